The van der Waals surface area contributed by atoms with Crippen LogP contribution in [-0.4, -0.2) is 23.9 Å². The van der Waals surface area contributed by atoms with Crippen LogP contribution in [0.4, 0.5) is 26.3 Å². The lowest BCUT2D eigenvalue weighted by molar-refractivity contribution is -0.275. The predicted molar refractivity (Wildman–Crippen MR) is 59.8 cm³/mol. The molecule has 0 radical (unpaired) electrons. The van der Waals surface area contributed by atoms with E-state index in [1.165, 1.54) is 6.92 Å². The van der Waals surface area contributed by atoms with Crippen LogP contribution in [0.3, 0.4) is 0 Å². The topological polar surface area (TPSA) is 74.4 Å². The number of nitrogens with zero attached hydrogens (tertiary/aromatic N) is 1. The summed E-state index contributed by atoms with van der Waals surface area (Å²) in [6.45, 7) is 0.397. The molecule has 1 aromatic heterocycles. The van der Waals surface area contributed by atoms with E-state index in [0.717, 1.165) is 0 Å². The van der Waals surface area contributed by atoms with Gasteiger partial charge in [-0.2, -0.15) is 13.2 Å². The van der Waals surface area contributed by atoms with Crippen LogP contribution in [0.15, 0.2) is 6.07 Å². The minimum Gasteiger partial charge on any atom is -0.461 e. The number of aromatic nitrogens is 1. The molecule has 0 aliphatic rings. The summed E-state index contributed by atoms with van der Waals surface area (Å²) in [7, 11) is 0. The first-order valence-corrected chi connectivity index (χ1v) is 5.73. The molecular weight excluding hydrogens is 322 g/mol. The Labute approximate surface area is 120 Å². The van der Waals surface area contributed by atoms with Crippen LogP contribution in [0.1, 0.15) is 28.7 Å². The molecule has 0 saturated carbocycles. The maximum atomic E-state index is 12.8. The maximum Gasteiger partial charge on any atom is 0.573 e. The molecule has 0 unspecified atom stereocenters. The Morgan fingerprint density at radius 3 is 2.27 bits per heavy atom. The summed E-state index contributed by atoms with van der Waals surface area (Å²) in [5.41, 5.74) is 1.73. The van der Waals surface area contributed by atoms with Crippen molar-refractivity contribution in [1.29, 1.82) is 0 Å². The Kier molecular flexibility index (Phi) is 5.22. The summed E-state index contributed by atoms with van der Waals surface area (Å²) in [5, 5.41) is 0. The van der Waals surface area contributed by atoms with Gasteiger partial charge in [-0.1, -0.05) is 0 Å². The van der Waals surface area contributed by atoms with Crippen LogP contribution in [0, 0.1) is 0 Å². The third-order valence-corrected chi connectivity index (χ3v) is 2.26. The maximum absolute atomic E-state index is 12.8. The van der Waals surface area contributed by atoms with Gasteiger partial charge in [-0.15, -0.1) is 13.2 Å². The van der Waals surface area contributed by atoms with Crippen molar-refractivity contribution in [3.8, 4) is 5.75 Å². The Morgan fingerprint density at radius 1 is 1.27 bits per heavy atom. The van der Waals surface area contributed by atoms with Gasteiger partial charge in [-0.05, 0) is 13.0 Å². The third-order valence-electron chi connectivity index (χ3n) is 2.26. The number of carbonyl (C=O) groups is 1. The standard InChI is InChI=1S/C11H10F6N2O3/c1-2-21-9(20)8-7(22-11(15,16)17)3-5(10(12,13)14)6(4-18)19-8/h3H,2,4,18H2,1H3. The molecule has 0 amide bonds. The molecule has 0 spiro atoms. The minimum absolute atomic E-state index is 0.0228. The largest absolute Gasteiger partial charge is 0.573 e. The monoisotopic (exact) mass is 332 g/mol. The Hall–Kier alpha value is -2.04. The van der Waals surface area contributed by atoms with Gasteiger partial charge in [0.2, 0.25) is 0 Å². The summed E-state index contributed by atoms with van der Waals surface area (Å²) in [4.78, 5) is 14.7. The molecule has 1 rings (SSSR count). The number of halogens is 6. The van der Waals surface area contributed by atoms with Crippen molar-refractivity contribution in [3.63, 3.8) is 0 Å². The van der Waals surface area contributed by atoms with Gasteiger partial charge in [-0.25, -0.2) is 9.78 Å². The first-order chi connectivity index (χ1) is 9.99. The Balaban J connectivity index is 3.50. The van der Waals surface area contributed by atoms with Crippen molar-refractivity contribution in [1.82, 2.24) is 4.98 Å². The molecule has 0 aliphatic heterocycles. The van der Waals surface area contributed by atoms with Crippen LogP contribution in [0.25, 0.3) is 0 Å². The fourth-order valence-electron chi connectivity index (χ4n) is 1.48. The predicted octanol–water partition coefficient (Wildman–Crippen LogP) is 2.63. The number of alkyl halides is 6. The van der Waals surface area contributed by atoms with Crippen molar-refractivity contribution in [2.24, 2.45) is 5.73 Å². The fourth-order valence-corrected chi connectivity index (χ4v) is 1.48. The average molecular weight is 332 g/mol. The zero-order valence-corrected chi connectivity index (χ0v) is 11.0. The molecule has 0 saturated heterocycles. The normalized spacial score (nSPS) is 12.2. The van der Waals surface area contributed by atoms with E-state index in [2.05, 4.69) is 14.5 Å². The number of hydrogen-bond donors (Lipinski definition) is 1. The lowest BCUT2D eigenvalue weighted by Crippen LogP contribution is -2.23. The zero-order chi connectivity index (χ0) is 17.1. The molecule has 2 N–H and O–H groups in total. The first kappa shape index (κ1) is 18.0. The van der Waals surface area contributed by atoms with E-state index in [1.54, 1.807) is 0 Å². The number of esters is 1. The average Bonchev–Trinajstić information content (AvgIpc) is 2.35. The number of nitrogens with two attached hydrogens (primary N) is 1. The van der Waals surface area contributed by atoms with Gasteiger partial charge in [0.25, 0.3) is 0 Å². The molecule has 124 valence electrons. The molecule has 22 heavy (non-hydrogen) atoms. The van der Waals surface area contributed by atoms with Gasteiger partial charge in [0.05, 0.1) is 17.9 Å². The quantitative estimate of drug-likeness (QED) is 0.678. The molecule has 1 heterocycles. The second-order valence-electron chi connectivity index (χ2n) is 3.80. The molecule has 1 aromatic rings. The number of rotatable bonds is 4. The SMILES string of the molecule is CCOC(=O)c1nc(CN)c(C(F)(F)F)cc1OC(F)(F)F. The summed E-state index contributed by atoms with van der Waals surface area (Å²) in [6.07, 6.45) is -10.3. The summed E-state index contributed by atoms with van der Waals surface area (Å²) >= 11 is 0. The van der Waals surface area contributed by atoms with Gasteiger partial charge in [-0.3, -0.25) is 0 Å². The Bertz CT molecular complexity index is 556. The lowest BCUT2D eigenvalue weighted by Gasteiger charge is -2.17. The second kappa shape index (κ2) is 6.38. The van der Waals surface area contributed by atoms with E-state index in [0.29, 0.717) is 0 Å². The van der Waals surface area contributed by atoms with E-state index >= 15 is 0 Å². The highest BCUT2D eigenvalue weighted by Crippen LogP contribution is 2.36. The molecule has 0 atom stereocenters. The molecule has 5 nitrogen and oxygen atoms in total. The zero-order valence-electron chi connectivity index (χ0n) is 11.0. The van der Waals surface area contributed by atoms with Crippen LogP contribution >= 0.6 is 0 Å². The number of pyridine rings is 1. The molecule has 0 aliphatic carbocycles. The molecule has 11 heteroatoms. The second-order valence-corrected chi connectivity index (χ2v) is 3.80. The van der Waals surface area contributed by atoms with Gasteiger partial charge < -0.3 is 15.2 Å². The minimum atomic E-state index is -5.31. The van der Waals surface area contributed by atoms with E-state index in [1.807, 2.05) is 0 Å². The van der Waals surface area contributed by atoms with Crippen molar-refractivity contribution < 1.29 is 40.6 Å². The van der Waals surface area contributed by atoms with Crippen LogP contribution < -0.4 is 10.5 Å². The van der Waals surface area contributed by atoms with Gasteiger partial charge in [0, 0.05) is 6.54 Å². The number of hydrogen-bond acceptors (Lipinski definition) is 5. The van der Waals surface area contributed by atoms with Crippen molar-refractivity contribution >= 4 is 5.97 Å². The van der Waals surface area contributed by atoms with Crippen molar-refractivity contribution in [3.05, 3.63) is 23.0 Å². The highest BCUT2D eigenvalue weighted by atomic mass is 19.4. The molecule has 0 bridgehead atoms. The van der Waals surface area contributed by atoms with Gasteiger partial charge in [0.15, 0.2) is 11.4 Å². The molecule has 0 fully saturated rings. The smallest absolute Gasteiger partial charge is 0.461 e. The third kappa shape index (κ3) is 4.48. The summed E-state index contributed by atoms with van der Waals surface area (Å²) in [5.74, 6) is -2.76. The Morgan fingerprint density at radius 2 is 1.86 bits per heavy atom. The lowest BCUT2D eigenvalue weighted by atomic mass is 10.1. The summed E-state index contributed by atoms with van der Waals surface area (Å²) < 4.78 is 83.0. The van der Waals surface area contributed by atoms with E-state index in [4.69, 9.17) is 5.73 Å². The summed E-state index contributed by atoms with van der Waals surface area (Å²) in [6, 6.07) is 0.0228. The fraction of sp³-hybridized carbons (Fsp3) is 0.455. The van der Waals surface area contributed by atoms with Gasteiger partial charge in [0.1, 0.15) is 0 Å². The van der Waals surface area contributed by atoms with Crippen molar-refractivity contribution in [2.45, 2.75) is 26.0 Å². The highest BCUT2D eigenvalue weighted by molar-refractivity contribution is 5.90. The number of ether oxygens (including phenoxy) is 2. The van der Waals surface area contributed by atoms with Crippen molar-refractivity contribution in [2.75, 3.05) is 6.61 Å². The van der Waals surface area contributed by atoms with Gasteiger partial charge >= 0.3 is 18.5 Å². The van der Waals surface area contributed by atoms with E-state index in [-0.39, 0.29) is 12.7 Å². The van der Waals surface area contributed by atoms with E-state index < -0.39 is 47.8 Å². The number of carbonyl (C=O) groups excluding carboxylic acids is 1. The first-order valence-electron chi connectivity index (χ1n) is 5.73. The van der Waals surface area contributed by atoms with Crippen LogP contribution in [-0.2, 0) is 17.5 Å². The molecular formula is C11H10F6N2O3. The van der Waals surface area contributed by atoms with Crippen LogP contribution in [0.2, 0.25) is 0 Å². The molecule has 0 aromatic carbocycles. The highest BCUT2D eigenvalue weighted by Gasteiger charge is 2.39. The van der Waals surface area contributed by atoms with Crippen LogP contribution in [0.5, 0.6) is 5.75 Å². The van der Waals surface area contributed by atoms with E-state index in [9.17, 15) is 31.1 Å².